The van der Waals surface area contributed by atoms with Crippen LogP contribution in [0.15, 0.2) is 176 Å². The van der Waals surface area contributed by atoms with Gasteiger partial charge in [0.05, 0.1) is 58.3 Å². The van der Waals surface area contributed by atoms with Crippen LogP contribution in [-0.2, 0) is 11.3 Å². The Bertz CT molecular complexity index is 3870. The molecule has 6 heterocycles. The Morgan fingerprint density at radius 3 is 1.32 bits per heavy atom. The summed E-state index contributed by atoms with van der Waals surface area (Å²) < 4.78 is 5.24. The van der Waals surface area contributed by atoms with Crippen molar-refractivity contribution in [1.82, 2.24) is 34.8 Å². The van der Waals surface area contributed by atoms with E-state index in [-0.39, 0.29) is 11.8 Å². The van der Waals surface area contributed by atoms with E-state index in [2.05, 4.69) is 102 Å². The van der Waals surface area contributed by atoms with Gasteiger partial charge in [0.25, 0.3) is 11.8 Å². The summed E-state index contributed by atoms with van der Waals surface area (Å²) in [6, 6.07) is 52.0. The highest BCUT2D eigenvalue weighted by atomic mass is 16.5. The van der Waals surface area contributed by atoms with Gasteiger partial charge in [0, 0.05) is 76.3 Å². The number of carbonyl (C=O) groups is 2. The molecule has 2 amide bonds. The van der Waals surface area contributed by atoms with E-state index in [0.717, 1.165) is 129 Å². The van der Waals surface area contributed by atoms with Crippen molar-refractivity contribution >= 4 is 68.1 Å². The first-order chi connectivity index (χ1) is 41.8. The van der Waals surface area contributed by atoms with Crippen LogP contribution in [0.2, 0.25) is 0 Å². The van der Waals surface area contributed by atoms with Crippen LogP contribution in [0.25, 0.3) is 66.5 Å². The van der Waals surface area contributed by atoms with Gasteiger partial charge in [-0.05, 0) is 189 Å². The van der Waals surface area contributed by atoms with Crippen molar-refractivity contribution in [1.29, 1.82) is 0 Å². The lowest BCUT2D eigenvalue weighted by Crippen LogP contribution is -2.30. The SMILES string of the molecule is CCN(CC)C(=O)c1cccc(-c2ccc3ncc(N4CCCCC4)nc3c2)c1.COCc1cccc(-c2ccc3ncc(N4CCCCC4)nc3c2)c1.O=C(Nc1ccccc1)c1ccc(-c2ccc3ncc(N4CCCCC4)nc3c2)cc1. The van der Waals surface area contributed by atoms with E-state index in [0.29, 0.717) is 25.3 Å². The first-order valence-corrected chi connectivity index (χ1v) is 30.3. The molecule has 0 radical (unpaired) electrons. The lowest BCUT2D eigenvalue weighted by atomic mass is 10.0. The zero-order chi connectivity index (χ0) is 58.3. The molecule has 3 saturated heterocycles. The van der Waals surface area contributed by atoms with E-state index >= 15 is 0 Å². The molecule has 13 rings (SSSR count). The van der Waals surface area contributed by atoms with Crippen molar-refractivity contribution in [3.05, 3.63) is 193 Å². The number of anilines is 4. The Kier molecular flexibility index (Phi) is 19.0. The van der Waals surface area contributed by atoms with Crippen LogP contribution >= 0.6 is 0 Å². The summed E-state index contributed by atoms with van der Waals surface area (Å²) in [7, 11) is 1.72. The maximum atomic E-state index is 12.7. The largest absolute Gasteiger partial charge is 0.380 e. The fraction of sp³-hybridized carbons (Fsp3) is 0.296. The summed E-state index contributed by atoms with van der Waals surface area (Å²) in [4.78, 5) is 62.5. The summed E-state index contributed by atoms with van der Waals surface area (Å²) in [5.41, 5.74) is 15.3. The molecular weight excluding hydrogens is 1050 g/mol. The number of hydrogen-bond donors (Lipinski definition) is 1. The van der Waals surface area contributed by atoms with Crippen molar-refractivity contribution in [3.8, 4) is 33.4 Å². The standard InChI is InChI=1S/C26H24N4O.C24H28N4O.C21H23N3O/c31-26(28-22-7-3-1-4-8-22)20-11-9-19(10-12-20)21-13-14-23-24(17-21)29-25(18-27-23)30-15-5-2-6-16-30;1-3-27(4-2)24(29)20-10-8-9-18(15-20)19-11-12-21-22(16-19)26-23(17-25-21)28-13-6-5-7-14-28;1-25-15-16-6-5-7-17(12-16)18-8-9-19-20(13-18)23-21(14-22-19)24-10-3-2-4-11-24/h1,3-4,7-14,17-18H,2,5-6,15-16H2,(H,28,31);8-12,15-17H,3-7,13-14H2,1-2H3;5-9,12-14H,2-4,10-11,15H2,1H3. The summed E-state index contributed by atoms with van der Waals surface area (Å²) in [5.74, 6) is 2.87. The van der Waals surface area contributed by atoms with Crippen LogP contribution in [0, 0.1) is 0 Å². The fourth-order valence-corrected chi connectivity index (χ4v) is 11.4. The number of hydrogen-bond acceptors (Lipinski definition) is 12. The zero-order valence-electron chi connectivity index (χ0n) is 49.2. The zero-order valence-corrected chi connectivity index (χ0v) is 49.2. The van der Waals surface area contributed by atoms with Gasteiger partial charge < -0.3 is 29.7 Å². The molecule has 0 saturated carbocycles. The molecule has 3 aromatic heterocycles. The van der Waals surface area contributed by atoms with Gasteiger partial charge in [-0.1, -0.05) is 78.9 Å². The molecule has 7 aromatic carbocycles. The Hall–Kier alpha value is -9.14. The molecule has 14 nitrogen and oxygen atoms in total. The summed E-state index contributed by atoms with van der Waals surface area (Å²) in [6.07, 6.45) is 16.9. The van der Waals surface area contributed by atoms with Crippen LogP contribution in [0.4, 0.5) is 23.1 Å². The summed E-state index contributed by atoms with van der Waals surface area (Å²) in [5, 5.41) is 2.92. The fourth-order valence-electron chi connectivity index (χ4n) is 11.4. The number of nitrogens with one attached hydrogen (secondary N) is 1. The summed E-state index contributed by atoms with van der Waals surface area (Å²) >= 11 is 0. The molecule has 3 aliphatic heterocycles. The van der Waals surface area contributed by atoms with Gasteiger partial charge in [-0.15, -0.1) is 0 Å². The highest BCUT2D eigenvalue weighted by Crippen LogP contribution is 2.30. The molecule has 432 valence electrons. The topological polar surface area (TPSA) is 146 Å². The van der Waals surface area contributed by atoms with Gasteiger partial charge in [0.1, 0.15) is 17.5 Å². The van der Waals surface area contributed by atoms with Gasteiger partial charge >= 0.3 is 0 Å². The average Bonchev–Trinajstić information content (AvgIpc) is 3.34. The molecular formula is C71H75N11O3. The third-order valence-corrected chi connectivity index (χ3v) is 16.2. The number of benzene rings is 7. The molecule has 1 N–H and O–H groups in total. The molecule has 0 unspecified atom stereocenters. The molecule has 0 atom stereocenters. The number of carbonyl (C=O) groups excluding carboxylic acids is 2. The Morgan fingerprint density at radius 2 is 0.859 bits per heavy atom. The van der Waals surface area contributed by atoms with Crippen LogP contribution < -0.4 is 20.0 Å². The minimum absolute atomic E-state index is 0.0739. The number of methoxy groups -OCH3 is 1. The third kappa shape index (κ3) is 14.4. The molecule has 10 aromatic rings. The first kappa shape index (κ1) is 57.7. The second-order valence-corrected chi connectivity index (χ2v) is 22.0. The number of piperidine rings is 3. The molecule has 3 aliphatic rings. The number of amides is 2. The van der Waals surface area contributed by atoms with Crippen molar-refractivity contribution < 1.29 is 14.3 Å². The lowest BCUT2D eigenvalue weighted by molar-refractivity contribution is 0.0772. The van der Waals surface area contributed by atoms with Crippen LogP contribution in [0.1, 0.15) is 97.9 Å². The molecule has 85 heavy (non-hydrogen) atoms. The van der Waals surface area contributed by atoms with Gasteiger partial charge in [-0.3, -0.25) is 24.5 Å². The van der Waals surface area contributed by atoms with E-state index < -0.39 is 0 Å². The predicted octanol–water partition coefficient (Wildman–Crippen LogP) is 14.7. The van der Waals surface area contributed by atoms with Gasteiger partial charge in [0.15, 0.2) is 0 Å². The minimum atomic E-state index is -0.117. The van der Waals surface area contributed by atoms with E-state index in [1.807, 2.05) is 128 Å². The minimum Gasteiger partial charge on any atom is -0.380 e. The van der Waals surface area contributed by atoms with E-state index in [9.17, 15) is 9.59 Å². The average molecular weight is 1130 g/mol. The van der Waals surface area contributed by atoms with E-state index in [4.69, 9.17) is 19.7 Å². The summed E-state index contributed by atoms with van der Waals surface area (Å²) in [6.45, 7) is 12.4. The second kappa shape index (κ2) is 28.0. The first-order valence-electron chi connectivity index (χ1n) is 30.3. The monoisotopic (exact) mass is 1130 g/mol. The Morgan fingerprint density at radius 1 is 0.435 bits per heavy atom. The number of rotatable bonds is 13. The maximum Gasteiger partial charge on any atom is 0.255 e. The smallest absolute Gasteiger partial charge is 0.255 e. The number of fused-ring (bicyclic) bond motifs is 3. The van der Waals surface area contributed by atoms with Crippen molar-refractivity contribution in [3.63, 3.8) is 0 Å². The third-order valence-electron chi connectivity index (χ3n) is 16.2. The van der Waals surface area contributed by atoms with Crippen molar-refractivity contribution in [2.75, 3.05) is 79.5 Å². The second-order valence-electron chi connectivity index (χ2n) is 22.0. The Labute approximate surface area is 499 Å². The van der Waals surface area contributed by atoms with Crippen molar-refractivity contribution in [2.45, 2.75) is 78.2 Å². The maximum absolute atomic E-state index is 12.7. The van der Waals surface area contributed by atoms with Crippen LogP contribution in [0.5, 0.6) is 0 Å². The highest BCUT2D eigenvalue weighted by molar-refractivity contribution is 6.04. The van der Waals surface area contributed by atoms with Crippen LogP contribution in [-0.4, -0.2) is 106 Å². The predicted molar refractivity (Wildman–Crippen MR) is 345 cm³/mol. The van der Waals surface area contributed by atoms with Gasteiger partial charge in [-0.25, -0.2) is 15.0 Å². The lowest BCUT2D eigenvalue weighted by Gasteiger charge is -2.27. The number of ether oxygens (including phenoxy) is 1. The van der Waals surface area contributed by atoms with Gasteiger partial charge in [-0.2, -0.15) is 0 Å². The molecule has 0 bridgehead atoms. The quantitative estimate of drug-likeness (QED) is 0.117. The van der Waals surface area contributed by atoms with Crippen molar-refractivity contribution in [2.24, 2.45) is 0 Å². The molecule has 3 fully saturated rings. The molecule has 14 heteroatoms. The molecule has 0 aliphatic carbocycles. The highest BCUT2D eigenvalue weighted by Gasteiger charge is 2.18. The van der Waals surface area contributed by atoms with E-state index in [1.165, 1.54) is 68.9 Å². The number of nitrogens with zero attached hydrogens (tertiary/aromatic N) is 10. The molecule has 0 spiro atoms. The number of para-hydroxylation sites is 1. The van der Waals surface area contributed by atoms with E-state index in [1.54, 1.807) is 7.11 Å². The van der Waals surface area contributed by atoms with Gasteiger partial charge in [0.2, 0.25) is 0 Å². The number of aromatic nitrogens is 6. The van der Waals surface area contributed by atoms with Crippen LogP contribution in [0.3, 0.4) is 0 Å². The normalized spacial score (nSPS) is 14.3. The Balaban J connectivity index is 0.000000133.